The van der Waals surface area contributed by atoms with E-state index in [1.165, 1.54) is 0 Å². The van der Waals surface area contributed by atoms with Gasteiger partial charge in [-0.25, -0.2) is 13.1 Å². The van der Waals surface area contributed by atoms with Gasteiger partial charge in [-0.2, -0.15) is 0 Å². The van der Waals surface area contributed by atoms with E-state index in [2.05, 4.69) is 9.88 Å². The monoisotopic (exact) mass is 360 g/mol. The second-order valence-electron chi connectivity index (χ2n) is 5.92. The van der Waals surface area contributed by atoms with Crippen LogP contribution < -0.4 is 4.72 Å². The summed E-state index contributed by atoms with van der Waals surface area (Å²) in [6.07, 6.45) is -0.505. The first-order valence-electron chi connectivity index (χ1n) is 7.98. The largest absolute Gasteiger partial charge is 0.388 e. The molecule has 0 aliphatic heterocycles. The zero-order valence-electron chi connectivity index (χ0n) is 14.1. The third kappa shape index (κ3) is 3.58. The van der Waals surface area contributed by atoms with E-state index < -0.39 is 16.1 Å². The molecule has 6 nitrogen and oxygen atoms in total. The van der Waals surface area contributed by atoms with Gasteiger partial charge in [-0.15, -0.1) is 0 Å². The molecule has 0 bridgehead atoms. The number of nitrogens with one attached hydrogen (secondary N) is 1. The van der Waals surface area contributed by atoms with Gasteiger partial charge >= 0.3 is 0 Å². The van der Waals surface area contributed by atoms with Gasteiger partial charge in [0.25, 0.3) is 0 Å². The van der Waals surface area contributed by atoms with Crippen molar-refractivity contribution in [1.29, 1.82) is 0 Å². The molecule has 132 valence electrons. The van der Waals surface area contributed by atoms with E-state index in [0.717, 1.165) is 16.3 Å². The number of sulfonamides is 1. The van der Waals surface area contributed by atoms with E-state index in [9.17, 15) is 13.5 Å². The zero-order valence-corrected chi connectivity index (χ0v) is 14.9. The number of nitrogens with zero attached hydrogens (tertiary/aromatic N) is 1. The summed E-state index contributed by atoms with van der Waals surface area (Å²) in [6.45, 7) is 3.24. The van der Waals surface area contributed by atoms with Gasteiger partial charge in [0, 0.05) is 6.54 Å². The van der Waals surface area contributed by atoms with Crippen LogP contribution in [0.15, 0.2) is 51.9 Å². The minimum atomic E-state index is -3.72. The van der Waals surface area contributed by atoms with Gasteiger partial charge in [-0.3, -0.25) is 0 Å². The summed E-state index contributed by atoms with van der Waals surface area (Å²) < 4.78 is 32.2. The van der Waals surface area contributed by atoms with Gasteiger partial charge in [-0.1, -0.05) is 47.6 Å². The van der Waals surface area contributed by atoms with Gasteiger partial charge in [0.15, 0.2) is 5.76 Å². The van der Waals surface area contributed by atoms with Crippen LogP contribution in [0.1, 0.15) is 29.5 Å². The summed E-state index contributed by atoms with van der Waals surface area (Å²) in [6, 6.07) is 13.5. The first kappa shape index (κ1) is 17.6. The zero-order chi connectivity index (χ0) is 18.0. The van der Waals surface area contributed by atoms with Crippen molar-refractivity contribution in [1.82, 2.24) is 9.88 Å². The van der Waals surface area contributed by atoms with Gasteiger partial charge in [-0.05, 0) is 36.6 Å². The maximum atomic E-state index is 12.4. The summed E-state index contributed by atoms with van der Waals surface area (Å²) in [4.78, 5) is 0.0622. The van der Waals surface area contributed by atoms with Crippen LogP contribution in [-0.4, -0.2) is 25.2 Å². The molecule has 0 aliphatic rings. The lowest BCUT2D eigenvalue weighted by molar-refractivity contribution is 0.170. The number of rotatable bonds is 6. The maximum absolute atomic E-state index is 12.4. The number of aromatic nitrogens is 1. The van der Waals surface area contributed by atoms with E-state index in [0.29, 0.717) is 5.69 Å². The van der Waals surface area contributed by atoms with Crippen molar-refractivity contribution in [3.63, 3.8) is 0 Å². The molecule has 1 unspecified atom stereocenters. The minimum Gasteiger partial charge on any atom is -0.388 e. The van der Waals surface area contributed by atoms with Crippen molar-refractivity contribution in [2.24, 2.45) is 0 Å². The second kappa shape index (κ2) is 6.95. The smallest absolute Gasteiger partial charge is 0.245 e. The summed E-state index contributed by atoms with van der Waals surface area (Å²) >= 11 is 0. The number of fused-ring (bicyclic) bond motifs is 1. The fraction of sp³-hybridized carbons (Fsp3) is 0.278. The Morgan fingerprint density at radius 3 is 2.60 bits per heavy atom. The molecule has 7 heteroatoms. The Bertz CT molecular complexity index is 970. The molecule has 0 aliphatic carbocycles. The molecule has 25 heavy (non-hydrogen) atoms. The number of aliphatic hydroxyl groups is 1. The van der Waals surface area contributed by atoms with Gasteiger partial charge in [0.1, 0.15) is 10.6 Å². The molecule has 1 aromatic heterocycles. The van der Waals surface area contributed by atoms with Crippen LogP contribution in [0.4, 0.5) is 0 Å². The normalized spacial score (nSPS) is 13.2. The molecule has 2 aromatic carbocycles. The van der Waals surface area contributed by atoms with Crippen LogP contribution in [0.2, 0.25) is 0 Å². The summed E-state index contributed by atoms with van der Waals surface area (Å²) in [5.74, 6) is 0.250. The highest BCUT2D eigenvalue weighted by Crippen LogP contribution is 2.26. The highest BCUT2D eigenvalue weighted by molar-refractivity contribution is 7.89. The van der Waals surface area contributed by atoms with Crippen LogP contribution in [0.5, 0.6) is 0 Å². The predicted octanol–water partition coefficient (Wildman–Crippen LogP) is 2.85. The van der Waals surface area contributed by atoms with Gasteiger partial charge < -0.3 is 9.63 Å². The van der Waals surface area contributed by atoms with Crippen molar-refractivity contribution in [2.75, 3.05) is 6.54 Å². The first-order valence-corrected chi connectivity index (χ1v) is 9.47. The van der Waals surface area contributed by atoms with Gasteiger partial charge in [0.2, 0.25) is 10.0 Å². The molecule has 1 heterocycles. The molecule has 0 amide bonds. The molecule has 0 spiro atoms. The lowest BCUT2D eigenvalue weighted by Crippen LogP contribution is -2.26. The minimum absolute atomic E-state index is 0.0622. The highest BCUT2D eigenvalue weighted by atomic mass is 32.2. The topological polar surface area (TPSA) is 92.4 Å². The fourth-order valence-electron chi connectivity index (χ4n) is 2.96. The molecule has 0 radical (unpaired) electrons. The summed E-state index contributed by atoms with van der Waals surface area (Å²) in [7, 11) is -3.72. The van der Waals surface area contributed by atoms with Crippen LogP contribution >= 0.6 is 0 Å². The molecule has 3 rings (SSSR count). The van der Waals surface area contributed by atoms with Crippen molar-refractivity contribution in [3.05, 3.63) is 59.5 Å². The first-order chi connectivity index (χ1) is 11.9. The average Bonchev–Trinajstić information content (AvgIpc) is 2.93. The van der Waals surface area contributed by atoms with E-state index in [4.69, 9.17) is 4.52 Å². The van der Waals surface area contributed by atoms with Crippen LogP contribution in [-0.2, 0) is 10.0 Å². The van der Waals surface area contributed by atoms with Crippen LogP contribution in [0, 0.1) is 13.8 Å². The molecule has 2 N–H and O–H groups in total. The van der Waals surface area contributed by atoms with E-state index in [-0.39, 0.29) is 23.6 Å². The van der Waals surface area contributed by atoms with Crippen LogP contribution in [0.3, 0.4) is 0 Å². The Morgan fingerprint density at radius 1 is 1.16 bits per heavy atom. The fourth-order valence-corrected chi connectivity index (χ4v) is 4.33. The molecule has 1 atom stereocenters. The molecular formula is C18H20N2O4S. The molecule has 0 saturated heterocycles. The second-order valence-corrected chi connectivity index (χ2v) is 7.63. The SMILES string of the molecule is Cc1noc(C)c1S(=O)(=O)NCCC(O)c1cccc2ccccc12. The van der Waals surface area contributed by atoms with Crippen molar-refractivity contribution < 1.29 is 18.0 Å². The molecule has 0 saturated carbocycles. The molecule has 0 fully saturated rings. The van der Waals surface area contributed by atoms with E-state index >= 15 is 0 Å². The van der Waals surface area contributed by atoms with Crippen molar-refractivity contribution >= 4 is 20.8 Å². The molecule has 3 aromatic rings. The Labute approximate surface area is 146 Å². The quantitative estimate of drug-likeness (QED) is 0.705. The Kier molecular flexibility index (Phi) is 4.89. The molecular weight excluding hydrogens is 340 g/mol. The van der Waals surface area contributed by atoms with Crippen molar-refractivity contribution in [3.8, 4) is 0 Å². The number of hydrogen-bond donors (Lipinski definition) is 2. The Hall–Kier alpha value is -2.22. The summed E-state index contributed by atoms with van der Waals surface area (Å²) in [5, 5.41) is 16.2. The van der Waals surface area contributed by atoms with Crippen LogP contribution in [0.25, 0.3) is 10.8 Å². The van der Waals surface area contributed by atoms with Gasteiger partial charge in [0.05, 0.1) is 6.10 Å². The predicted molar refractivity (Wildman–Crippen MR) is 94.7 cm³/mol. The van der Waals surface area contributed by atoms with E-state index in [1.54, 1.807) is 13.8 Å². The Balaban J connectivity index is 1.71. The standard InChI is InChI=1S/C18H20N2O4S/c1-12-18(13(2)24-20-12)25(22,23)19-11-10-17(21)16-9-5-7-14-6-3-4-8-15(14)16/h3-9,17,19,21H,10-11H2,1-2H3. The van der Waals surface area contributed by atoms with E-state index in [1.807, 2.05) is 42.5 Å². The summed E-state index contributed by atoms with van der Waals surface area (Å²) in [5.41, 5.74) is 1.11. The third-order valence-corrected chi connectivity index (χ3v) is 5.83. The number of aliphatic hydroxyl groups excluding tert-OH is 1. The number of benzene rings is 2. The number of aryl methyl sites for hydroxylation is 2. The number of hydrogen-bond acceptors (Lipinski definition) is 5. The maximum Gasteiger partial charge on any atom is 0.245 e. The lowest BCUT2D eigenvalue weighted by atomic mass is 9.99. The lowest BCUT2D eigenvalue weighted by Gasteiger charge is -2.14. The Morgan fingerprint density at radius 2 is 1.88 bits per heavy atom. The van der Waals surface area contributed by atoms with Crippen molar-refractivity contribution in [2.45, 2.75) is 31.3 Å². The highest BCUT2D eigenvalue weighted by Gasteiger charge is 2.24. The average molecular weight is 360 g/mol. The third-order valence-electron chi connectivity index (χ3n) is 4.13.